The lowest BCUT2D eigenvalue weighted by atomic mass is 10.1. The molecule has 0 unspecified atom stereocenters. The van der Waals surface area contributed by atoms with E-state index in [-0.39, 0.29) is 11.7 Å². The molecule has 0 aliphatic heterocycles. The second kappa shape index (κ2) is 11.7. The summed E-state index contributed by atoms with van der Waals surface area (Å²) in [6.07, 6.45) is 1.48. The van der Waals surface area contributed by atoms with Crippen LogP contribution >= 0.6 is 31.9 Å². The Balaban J connectivity index is 1.67. The van der Waals surface area contributed by atoms with E-state index in [1.54, 1.807) is 36.4 Å². The van der Waals surface area contributed by atoms with E-state index in [0.717, 1.165) is 14.5 Å². The fraction of sp³-hybridized carbons (Fsp3) is 0.154. The predicted octanol–water partition coefficient (Wildman–Crippen LogP) is 7.12. The number of carbonyl (C=O) groups excluding carboxylic acids is 1. The Kier molecular flexibility index (Phi) is 8.70. The average molecular weight is 570 g/mol. The number of rotatable bonds is 8. The van der Waals surface area contributed by atoms with Crippen molar-refractivity contribution in [1.29, 1.82) is 5.26 Å². The van der Waals surface area contributed by atoms with Gasteiger partial charge in [0.05, 0.1) is 6.10 Å². The lowest BCUT2D eigenvalue weighted by molar-refractivity contribution is -0.112. The third-order valence-electron chi connectivity index (χ3n) is 4.43. The van der Waals surface area contributed by atoms with Gasteiger partial charge in [0.25, 0.3) is 5.91 Å². The van der Waals surface area contributed by atoms with Crippen LogP contribution in [0.5, 0.6) is 11.5 Å². The summed E-state index contributed by atoms with van der Waals surface area (Å²) in [5, 5.41) is 12.3. The van der Waals surface area contributed by atoms with Crippen LogP contribution in [0.4, 0.5) is 5.69 Å². The first kappa shape index (κ1) is 24.6. The quantitative estimate of drug-likeness (QED) is 0.231. The number of nitrogens with one attached hydrogen (secondary N) is 1. The molecule has 3 aromatic carbocycles. The number of amides is 1. The molecule has 0 aromatic heterocycles. The first-order valence-electron chi connectivity index (χ1n) is 10.2. The molecule has 168 valence electrons. The molecule has 0 saturated carbocycles. The van der Waals surface area contributed by atoms with Crippen molar-refractivity contribution in [1.82, 2.24) is 0 Å². The highest BCUT2D eigenvalue weighted by atomic mass is 79.9. The van der Waals surface area contributed by atoms with Crippen LogP contribution in [-0.4, -0.2) is 12.0 Å². The van der Waals surface area contributed by atoms with Gasteiger partial charge in [0.2, 0.25) is 0 Å². The zero-order chi connectivity index (χ0) is 23.8. The van der Waals surface area contributed by atoms with Crippen molar-refractivity contribution >= 4 is 49.5 Å². The molecule has 0 spiro atoms. The Hall–Kier alpha value is -3.08. The lowest BCUT2D eigenvalue weighted by Gasteiger charge is -2.13. The van der Waals surface area contributed by atoms with Crippen LogP contribution in [0.3, 0.4) is 0 Å². The number of hydrogen-bond acceptors (Lipinski definition) is 4. The number of benzene rings is 3. The van der Waals surface area contributed by atoms with Crippen molar-refractivity contribution in [3.63, 3.8) is 0 Å². The number of halogens is 2. The van der Waals surface area contributed by atoms with Gasteiger partial charge in [0.15, 0.2) is 0 Å². The predicted molar refractivity (Wildman–Crippen MR) is 137 cm³/mol. The molecule has 0 heterocycles. The number of ether oxygens (including phenoxy) is 2. The summed E-state index contributed by atoms with van der Waals surface area (Å²) < 4.78 is 13.4. The van der Waals surface area contributed by atoms with E-state index in [1.807, 2.05) is 50.2 Å². The first-order valence-corrected chi connectivity index (χ1v) is 11.8. The Labute approximate surface area is 210 Å². The van der Waals surface area contributed by atoms with Crippen molar-refractivity contribution in [2.24, 2.45) is 0 Å². The molecule has 3 aromatic rings. The minimum absolute atomic E-state index is 0.0303. The highest BCUT2D eigenvalue weighted by Crippen LogP contribution is 2.27. The summed E-state index contributed by atoms with van der Waals surface area (Å²) in [5.74, 6) is 0.772. The second-order valence-corrected chi connectivity index (χ2v) is 9.24. The highest BCUT2D eigenvalue weighted by molar-refractivity contribution is 9.10. The number of nitrogens with zero attached hydrogens (tertiary/aromatic N) is 1. The molecule has 0 aliphatic carbocycles. The van der Waals surface area contributed by atoms with Crippen LogP contribution < -0.4 is 14.8 Å². The maximum atomic E-state index is 12.7. The van der Waals surface area contributed by atoms with E-state index in [0.29, 0.717) is 29.4 Å². The molecule has 0 aliphatic rings. The Morgan fingerprint density at radius 2 is 1.70 bits per heavy atom. The molecule has 0 atom stereocenters. The van der Waals surface area contributed by atoms with E-state index in [9.17, 15) is 10.1 Å². The number of carbonyl (C=O) groups is 1. The van der Waals surface area contributed by atoms with Crippen LogP contribution in [0.25, 0.3) is 6.08 Å². The maximum Gasteiger partial charge on any atom is 0.266 e. The molecule has 0 saturated heterocycles. The molecule has 1 N–H and O–H groups in total. The van der Waals surface area contributed by atoms with E-state index in [1.165, 1.54) is 6.08 Å². The highest BCUT2D eigenvalue weighted by Gasteiger charge is 2.13. The zero-order valence-electron chi connectivity index (χ0n) is 18.1. The maximum absolute atomic E-state index is 12.7. The van der Waals surface area contributed by atoms with Crippen LogP contribution in [0.2, 0.25) is 0 Å². The summed E-state index contributed by atoms with van der Waals surface area (Å²) >= 11 is 6.83. The van der Waals surface area contributed by atoms with Gasteiger partial charge >= 0.3 is 0 Å². The van der Waals surface area contributed by atoms with Crippen LogP contribution in [0, 0.1) is 11.3 Å². The van der Waals surface area contributed by atoms with Crippen molar-refractivity contribution in [2.45, 2.75) is 26.6 Å². The fourth-order valence-electron chi connectivity index (χ4n) is 2.88. The SMILES string of the molecule is CC(C)Oc1ccc(Br)cc1/C=C(\C#N)C(=O)Nc1ccc(OCc2ccc(Br)cc2)cc1. The molecule has 5 nitrogen and oxygen atoms in total. The summed E-state index contributed by atoms with van der Waals surface area (Å²) in [4.78, 5) is 12.7. The van der Waals surface area contributed by atoms with E-state index in [2.05, 4.69) is 37.2 Å². The van der Waals surface area contributed by atoms with Gasteiger partial charge in [-0.3, -0.25) is 4.79 Å². The van der Waals surface area contributed by atoms with Gasteiger partial charge in [-0.15, -0.1) is 0 Å². The Morgan fingerprint density at radius 3 is 2.33 bits per heavy atom. The normalized spacial score (nSPS) is 11.1. The van der Waals surface area contributed by atoms with Crippen molar-refractivity contribution in [3.8, 4) is 17.6 Å². The summed E-state index contributed by atoms with van der Waals surface area (Å²) in [6.45, 7) is 4.27. The minimum atomic E-state index is -0.503. The standard InChI is InChI=1S/C26H22Br2N2O3/c1-17(2)33-25-12-7-22(28)14-19(25)13-20(15-29)26(31)30-23-8-10-24(11-9-23)32-16-18-3-5-21(27)6-4-18/h3-14,17H,16H2,1-2H3,(H,30,31)/b20-13+. The molecule has 0 bridgehead atoms. The van der Waals surface area contributed by atoms with Crippen molar-refractivity contribution < 1.29 is 14.3 Å². The van der Waals surface area contributed by atoms with Gasteiger partial charge in [-0.05, 0) is 80.1 Å². The topological polar surface area (TPSA) is 71.3 Å². The second-order valence-electron chi connectivity index (χ2n) is 7.41. The largest absolute Gasteiger partial charge is 0.490 e. The molecular weight excluding hydrogens is 548 g/mol. The van der Waals surface area contributed by atoms with Crippen LogP contribution in [0.1, 0.15) is 25.0 Å². The van der Waals surface area contributed by atoms with Crippen molar-refractivity contribution in [2.75, 3.05) is 5.32 Å². The zero-order valence-corrected chi connectivity index (χ0v) is 21.3. The molecule has 33 heavy (non-hydrogen) atoms. The molecule has 0 fully saturated rings. The van der Waals surface area contributed by atoms with E-state index in [4.69, 9.17) is 9.47 Å². The molecule has 0 radical (unpaired) electrons. The number of anilines is 1. The van der Waals surface area contributed by atoms with Gasteiger partial charge in [0.1, 0.15) is 29.7 Å². The Bertz CT molecular complexity index is 1180. The van der Waals surface area contributed by atoms with Gasteiger partial charge in [-0.2, -0.15) is 5.26 Å². The fourth-order valence-corrected chi connectivity index (χ4v) is 3.52. The van der Waals surface area contributed by atoms with Crippen LogP contribution in [0.15, 0.2) is 81.2 Å². The first-order chi connectivity index (χ1) is 15.8. The summed E-state index contributed by atoms with van der Waals surface area (Å²) in [5.41, 5.74) is 2.22. The smallest absolute Gasteiger partial charge is 0.266 e. The summed E-state index contributed by atoms with van der Waals surface area (Å²) in [6, 6.07) is 22.3. The average Bonchev–Trinajstić information content (AvgIpc) is 2.79. The van der Waals surface area contributed by atoms with Crippen LogP contribution in [-0.2, 0) is 11.4 Å². The lowest BCUT2D eigenvalue weighted by Crippen LogP contribution is -2.13. The Morgan fingerprint density at radius 1 is 1.03 bits per heavy atom. The number of nitriles is 1. The third-order valence-corrected chi connectivity index (χ3v) is 5.45. The molecule has 3 rings (SSSR count). The molecule has 1 amide bonds. The van der Waals surface area contributed by atoms with E-state index >= 15 is 0 Å². The van der Waals surface area contributed by atoms with Gasteiger partial charge in [-0.25, -0.2) is 0 Å². The van der Waals surface area contributed by atoms with Gasteiger partial charge in [-0.1, -0.05) is 44.0 Å². The summed E-state index contributed by atoms with van der Waals surface area (Å²) in [7, 11) is 0. The molecular formula is C26H22Br2N2O3. The minimum Gasteiger partial charge on any atom is -0.490 e. The van der Waals surface area contributed by atoms with E-state index < -0.39 is 5.91 Å². The van der Waals surface area contributed by atoms with Crippen molar-refractivity contribution in [3.05, 3.63) is 92.4 Å². The number of hydrogen-bond donors (Lipinski definition) is 1. The monoisotopic (exact) mass is 568 g/mol. The van der Waals surface area contributed by atoms with Gasteiger partial charge in [0, 0.05) is 20.2 Å². The van der Waals surface area contributed by atoms with Gasteiger partial charge < -0.3 is 14.8 Å². The molecule has 7 heteroatoms. The third kappa shape index (κ3) is 7.48.